The summed E-state index contributed by atoms with van der Waals surface area (Å²) in [7, 11) is 0. The zero-order valence-corrected chi connectivity index (χ0v) is 11.7. The van der Waals surface area contributed by atoms with Crippen LogP contribution in [0.3, 0.4) is 0 Å². The lowest BCUT2D eigenvalue weighted by Gasteiger charge is -2.16. The van der Waals surface area contributed by atoms with E-state index in [0.717, 1.165) is 17.7 Å². The van der Waals surface area contributed by atoms with E-state index in [2.05, 4.69) is 5.32 Å². The van der Waals surface area contributed by atoms with Crippen molar-refractivity contribution in [2.45, 2.75) is 36.7 Å². The normalized spacial score (nSPS) is 16.1. The van der Waals surface area contributed by atoms with E-state index >= 15 is 0 Å². The van der Waals surface area contributed by atoms with E-state index in [-0.39, 0.29) is 17.8 Å². The maximum atomic E-state index is 13.1. The summed E-state index contributed by atoms with van der Waals surface area (Å²) in [6, 6.07) is 6.51. The van der Waals surface area contributed by atoms with Gasteiger partial charge in [-0.25, -0.2) is 4.39 Å². The van der Waals surface area contributed by atoms with Crippen LogP contribution < -0.4 is 5.32 Å². The molecule has 0 amide bonds. The van der Waals surface area contributed by atoms with Gasteiger partial charge in [0.1, 0.15) is 11.9 Å². The Morgan fingerprint density at radius 2 is 2.37 bits per heavy atom. The molecule has 104 valence electrons. The van der Waals surface area contributed by atoms with Crippen LogP contribution in [0.4, 0.5) is 4.39 Å². The van der Waals surface area contributed by atoms with Crippen LogP contribution in [0.25, 0.3) is 0 Å². The number of esters is 1. The molecule has 19 heavy (non-hydrogen) atoms. The fraction of sp³-hybridized carbons (Fsp3) is 0.500. The van der Waals surface area contributed by atoms with Crippen LogP contribution in [0, 0.1) is 5.82 Å². The molecule has 1 saturated carbocycles. The smallest absolute Gasteiger partial charge is 0.324 e. The molecule has 0 bridgehead atoms. The molecule has 1 aromatic rings. The third kappa shape index (κ3) is 4.84. The predicted molar refractivity (Wildman–Crippen MR) is 73.7 cm³/mol. The van der Waals surface area contributed by atoms with Gasteiger partial charge in [0.25, 0.3) is 0 Å². The van der Waals surface area contributed by atoms with Crippen molar-refractivity contribution < 1.29 is 13.9 Å². The summed E-state index contributed by atoms with van der Waals surface area (Å²) in [6.07, 6.45) is 2.22. The Bertz CT molecular complexity index is 437. The summed E-state index contributed by atoms with van der Waals surface area (Å²) in [5.41, 5.74) is 0. The largest absolute Gasteiger partial charge is 0.465 e. The maximum Gasteiger partial charge on any atom is 0.324 e. The molecule has 0 saturated heterocycles. The zero-order chi connectivity index (χ0) is 13.7. The summed E-state index contributed by atoms with van der Waals surface area (Å²) in [4.78, 5) is 12.6. The number of carbonyl (C=O) groups excluding carboxylic acids is 1. The predicted octanol–water partition coefficient (Wildman–Crippen LogP) is 2.60. The monoisotopic (exact) mass is 283 g/mol. The van der Waals surface area contributed by atoms with Crippen LogP contribution in [-0.4, -0.2) is 30.4 Å². The first-order valence-corrected chi connectivity index (χ1v) is 7.48. The lowest BCUT2D eigenvalue weighted by atomic mass is 10.3. The summed E-state index contributed by atoms with van der Waals surface area (Å²) < 4.78 is 18.1. The highest BCUT2D eigenvalue weighted by Gasteiger charge is 2.29. The number of hydrogen-bond donors (Lipinski definition) is 1. The average molecular weight is 283 g/mol. The fourth-order valence-corrected chi connectivity index (χ4v) is 2.66. The molecule has 0 radical (unpaired) electrons. The van der Waals surface area contributed by atoms with Crippen molar-refractivity contribution in [3.63, 3.8) is 0 Å². The average Bonchev–Trinajstić information content (AvgIpc) is 3.18. The number of halogens is 1. The molecule has 3 nitrogen and oxygen atoms in total. The molecular weight excluding hydrogens is 265 g/mol. The van der Waals surface area contributed by atoms with Crippen molar-refractivity contribution in [3.8, 4) is 0 Å². The first-order chi connectivity index (χ1) is 9.19. The van der Waals surface area contributed by atoms with E-state index in [1.165, 1.54) is 23.9 Å². The van der Waals surface area contributed by atoms with E-state index in [0.29, 0.717) is 18.4 Å². The highest BCUT2D eigenvalue weighted by molar-refractivity contribution is 7.99. The van der Waals surface area contributed by atoms with Crippen LogP contribution in [-0.2, 0) is 9.53 Å². The number of nitrogens with one attached hydrogen (secondary N) is 1. The van der Waals surface area contributed by atoms with Crippen LogP contribution >= 0.6 is 11.8 Å². The molecule has 0 spiro atoms. The third-order valence-electron chi connectivity index (χ3n) is 2.80. The van der Waals surface area contributed by atoms with Gasteiger partial charge in [0.2, 0.25) is 0 Å². The van der Waals surface area contributed by atoms with Gasteiger partial charge < -0.3 is 10.1 Å². The van der Waals surface area contributed by atoms with Gasteiger partial charge in [-0.3, -0.25) is 4.79 Å². The Morgan fingerprint density at radius 1 is 1.58 bits per heavy atom. The SMILES string of the molecule is CCOC(=O)C(CSc1cccc(F)c1)NC1CC1. The van der Waals surface area contributed by atoms with Gasteiger partial charge >= 0.3 is 5.97 Å². The minimum Gasteiger partial charge on any atom is -0.465 e. The maximum absolute atomic E-state index is 13.1. The van der Waals surface area contributed by atoms with Crippen LogP contribution in [0.15, 0.2) is 29.2 Å². The molecule has 1 aliphatic rings. The van der Waals surface area contributed by atoms with E-state index < -0.39 is 0 Å². The molecular formula is C14H18FNO2S. The Balaban J connectivity index is 1.89. The Kier molecular flexibility index (Phi) is 5.22. The summed E-state index contributed by atoms with van der Waals surface area (Å²) in [5, 5.41) is 3.27. The topological polar surface area (TPSA) is 38.3 Å². The minimum absolute atomic E-state index is 0.224. The van der Waals surface area contributed by atoms with Crippen LogP contribution in [0.2, 0.25) is 0 Å². The molecule has 1 fully saturated rings. The van der Waals surface area contributed by atoms with Crippen molar-refractivity contribution >= 4 is 17.7 Å². The highest BCUT2D eigenvalue weighted by Crippen LogP contribution is 2.23. The highest BCUT2D eigenvalue weighted by atomic mass is 32.2. The summed E-state index contributed by atoms with van der Waals surface area (Å²) in [6.45, 7) is 2.18. The molecule has 5 heteroatoms. The number of thioether (sulfide) groups is 1. The van der Waals surface area contributed by atoms with E-state index in [1.807, 2.05) is 6.07 Å². The second kappa shape index (κ2) is 6.91. The van der Waals surface area contributed by atoms with Gasteiger partial charge in [-0.15, -0.1) is 11.8 Å². The zero-order valence-electron chi connectivity index (χ0n) is 10.9. The summed E-state index contributed by atoms with van der Waals surface area (Å²) >= 11 is 1.46. The van der Waals surface area contributed by atoms with Crippen LogP contribution in [0.1, 0.15) is 19.8 Å². The number of benzene rings is 1. The molecule has 0 aromatic heterocycles. The molecule has 1 atom stereocenters. The standard InChI is InChI=1S/C14H18FNO2S/c1-2-18-14(17)13(16-11-6-7-11)9-19-12-5-3-4-10(15)8-12/h3-5,8,11,13,16H,2,6-7,9H2,1H3. The van der Waals surface area contributed by atoms with Gasteiger partial charge in [-0.2, -0.15) is 0 Å². The number of rotatable bonds is 7. The Hall–Kier alpha value is -1.07. The Labute approximate surface area is 116 Å². The second-order valence-corrected chi connectivity index (χ2v) is 5.61. The van der Waals surface area contributed by atoms with Crippen molar-refractivity contribution in [3.05, 3.63) is 30.1 Å². The first-order valence-electron chi connectivity index (χ1n) is 6.50. The van der Waals surface area contributed by atoms with Crippen LogP contribution in [0.5, 0.6) is 0 Å². The molecule has 2 rings (SSSR count). The Morgan fingerprint density at radius 3 is 3.00 bits per heavy atom. The van der Waals surface area contributed by atoms with Crippen molar-refractivity contribution in [1.82, 2.24) is 5.32 Å². The number of ether oxygens (including phenoxy) is 1. The summed E-state index contributed by atoms with van der Waals surface area (Å²) in [5.74, 6) is 0.0739. The van der Waals surface area contributed by atoms with E-state index in [4.69, 9.17) is 4.74 Å². The van der Waals surface area contributed by atoms with Crippen molar-refractivity contribution in [2.75, 3.05) is 12.4 Å². The quantitative estimate of drug-likeness (QED) is 0.616. The van der Waals surface area contributed by atoms with Gasteiger partial charge in [-0.05, 0) is 38.0 Å². The van der Waals surface area contributed by atoms with E-state index in [1.54, 1.807) is 13.0 Å². The number of hydrogen-bond acceptors (Lipinski definition) is 4. The van der Waals surface area contributed by atoms with Gasteiger partial charge in [0.05, 0.1) is 6.61 Å². The lowest BCUT2D eigenvalue weighted by Crippen LogP contribution is -2.41. The second-order valence-electron chi connectivity index (χ2n) is 4.51. The van der Waals surface area contributed by atoms with E-state index in [9.17, 15) is 9.18 Å². The molecule has 0 aliphatic heterocycles. The minimum atomic E-state index is -0.319. The lowest BCUT2D eigenvalue weighted by molar-refractivity contribution is -0.145. The molecule has 1 aromatic carbocycles. The van der Waals surface area contributed by atoms with Gasteiger partial charge in [-0.1, -0.05) is 6.07 Å². The van der Waals surface area contributed by atoms with Crippen molar-refractivity contribution in [2.24, 2.45) is 0 Å². The first kappa shape index (κ1) is 14.3. The van der Waals surface area contributed by atoms with Gasteiger partial charge in [0.15, 0.2) is 0 Å². The van der Waals surface area contributed by atoms with Crippen molar-refractivity contribution in [1.29, 1.82) is 0 Å². The third-order valence-corrected chi connectivity index (χ3v) is 3.89. The molecule has 1 unspecified atom stereocenters. The fourth-order valence-electron chi connectivity index (χ4n) is 1.70. The number of carbonyl (C=O) groups is 1. The van der Waals surface area contributed by atoms with Gasteiger partial charge in [0, 0.05) is 16.7 Å². The molecule has 0 heterocycles. The molecule has 1 aliphatic carbocycles. The molecule has 1 N–H and O–H groups in total.